The minimum Gasteiger partial charge on any atom is -0.477 e. The van der Waals surface area contributed by atoms with Gasteiger partial charge in [-0.05, 0) is 61.7 Å². The summed E-state index contributed by atoms with van der Waals surface area (Å²) < 4.78 is 35.8. The van der Waals surface area contributed by atoms with Gasteiger partial charge in [-0.2, -0.15) is 0 Å². The number of esters is 1. The van der Waals surface area contributed by atoms with Gasteiger partial charge in [0.2, 0.25) is 10.0 Å². The number of anilines is 1. The molecule has 166 valence electrons. The van der Waals surface area contributed by atoms with Crippen molar-refractivity contribution in [1.29, 1.82) is 0 Å². The Hall–Kier alpha value is -2.29. The molecule has 10 heteroatoms. The average Bonchev–Trinajstić information content (AvgIpc) is 2.72. The largest absolute Gasteiger partial charge is 0.477 e. The predicted molar refractivity (Wildman–Crippen MR) is 119 cm³/mol. The highest BCUT2D eigenvalue weighted by atomic mass is 35.5. The smallest absolute Gasteiger partial charge is 0.347 e. The van der Waals surface area contributed by atoms with Crippen molar-refractivity contribution in [1.82, 2.24) is 0 Å². The van der Waals surface area contributed by atoms with Gasteiger partial charge >= 0.3 is 5.97 Å². The molecule has 31 heavy (non-hydrogen) atoms. The minimum atomic E-state index is -3.39. The fraction of sp³-hybridized carbons (Fsp3) is 0.333. The van der Waals surface area contributed by atoms with Gasteiger partial charge in [0.25, 0.3) is 0 Å². The summed E-state index contributed by atoms with van der Waals surface area (Å²) in [7, 11) is -3.39. The zero-order chi connectivity index (χ0) is 22.8. The van der Waals surface area contributed by atoms with Crippen LogP contribution in [0.15, 0.2) is 36.4 Å². The van der Waals surface area contributed by atoms with Crippen LogP contribution >= 0.6 is 23.2 Å². The van der Waals surface area contributed by atoms with E-state index in [0.717, 1.165) is 11.8 Å². The lowest BCUT2D eigenvalue weighted by atomic mass is 9.99. The van der Waals surface area contributed by atoms with Gasteiger partial charge in [0.05, 0.1) is 17.0 Å². The maximum absolute atomic E-state index is 12.5. The van der Waals surface area contributed by atoms with Crippen LogP contribution in [0, 0.1) is 0 Å². The first-order chi connectivity index (χ1) is 14.6. The number of halogens is 2. The summed E-state index contributed by atoms with van der Waals surface area (Å²) in [6.07, 6.45) is 1.49. The Morgan fingerprint density at radius 3 is 2.58 bits per heavy atom. The molecule has 2 aromatic carbocycles. The molecule has 0 aliphatic carbocycles. The van der Waals surface area contributed by atoms with Crippen LogP contribution < -0.4 is 9.04 Å². The molecule has 0 radical (unpaired) electrons. The highest BCUT2D eigenvalue weighted by Gasteiger charge is 2.25. The Morgan fingerprint density at radius 1 is 1.16 bits per heavy atom. The first kappa shape index (κ1) is 23.4. The molecule has 0 spiro atoms. The number of sulfonamides is 1. The third-order valence-corrected chi connectivity index (χ3v) is 6.46. The Labute approximate surface area is 190 Å². The number of hydrogen-bond donors (Lipinski definition) is 0. The fourth-order valence-corrected chi connectivity index (χ4v) is 4.68. The Kier molecular flexibility index (Phi) is 7.13. The lowest BCUT2D eigenvalue weighted by Crippen LogP contribution is -2.34. The third-order valence-electron chi connectivity index (χ3n) is 4.75. The van der Waals surface area contributed by atoms with E-state index >= 15 is 0 Å². The zero-order valence-corrected chi connectivity index (χ0v) is 19.3. The summed E-state index contributed by atoms with van der Waals surface area (Å²) in [6, 6.07) is 9.39. The summed E-state index contributed by atoms with van der Waals surface area (Å²) in [6.45, 7) is 1.43. The van der Waals surface area contributed by atoms with Crippen molar-refractivity contribution >= 4 is 50.7 Å². The van der Waals surface area contributed by atoms with Crippen molar-refractivity contribution < 1.29 is 27.5 Å². The molecule has 1 aliphatic rings. The van der Waals surface area contributed by atoms with Crippen LogP contribution in [0.25, 0.3) is 0 Å². The number of carbonyl (C=O) groups excluding carboxylic acids is 2. The summed E-state index contributed by atoms with van der Waals surface area (Å²) >= 11 is 11.9. The van der Waals surface area contributed by atoms with Gasteiger partial charge in [-0.25, -0.2) is 13.2 Å². The molecule has 7 nitrogen and oxygen atoms in total. The Bertz CT molecular complexity index is 1120. The number of aryl methyl sites for hydroxylation is 1. The van der Waals surface area contributed by atoms with Gasteiger partial charge in [-0.3, -0.25) is 9.10 Å². The first-order valence-electron chi connectivity index (χ1n) is 9.48. The highest BCUT2D eigenvalue weighted by molar-refractivity contribution is 7.92. The summed E-state index contributed by atoms with van der Waals surface area (Å²) in [5.41, 5.74) is 1.68. The number of nitrogens with zero attached hydrogens (tertiary/aromatic N) is 1. The van der Waals surface area contributed by atoms with Gasteiger partial charge in [-0.1, -0.05) is 23.2 Å². The molecule has 0 saturated carbocycles. The van der Waals surface area contributed by atoms with Crippen molar-refractivity contribution in [2.45, 2.75) is 25.9 Å². The molecule has 0 fully saturated rings. The number of fused-ring (bicyclic) bond motifs is 1. The second kappa shape index (κ2) is 9.46. The lowest BCUT2D eigenvalue weighted by molar-refractivity contribution is -0.149. The number of ether oxygens (including phenoxy) is 2. The standard InChI is InChI=1S/C21H21Cl2NO6S/c1-13(30-20-8-6-16(22)11-17(20)23)21(26)29-12-19(25)15-5-7-18-14(10-15)4-3-9-24(18)31(2,27)28/h5-8,10-11,13H,3-4,9,12H2,1-2H3/t13-/m0/s1. The van der Waals surface area contributed by atoms with Gasteiger partial charge in [-0.15, -0.1) is 0 Å². The first-order valence-corrected chi connectivity index (χ1v) is 12.1. The molecular formula is C21H21Cl2NO6S. The molecule has 1 heterocycles. The molecule has 0 N–H and O–H groups in total. The van der Waals surface area contributed by atoms with Gasteiger partial charge in [0.15, 0.2) is 18.5 Å². The van der Waals surface area contributed by atoms with Crippen LogP contribution in [0.1, 0.15) is 29.3 Å². The predicted octanol–water partition coefficient (Wildman–Crippen LogP) is 3.90. The number of carbonyl (C=O) groups is 2. The second-order valence-electron chi connectivity index (χ2n) is 7.15. The van der Waals surface area contributed by atoms with Crippen LogP contribution in [-0.2, 0) is 26.0 Å². The highest BCUT2D eigenvalue weighted by Crippen LogP contribution is 2.30. The van der Waals surface area contributed by atoms with Gasteiger partial charge < -0.3 is 9.47 Å². The second-order valence-corrected chi connectivity index (χ2v) is 9.90. The van der Waals surface area contributed by atoms with E-state index in [1.165, 1.54) is 29.4 Å². The Balaban J connectivity index is 1.62. The maximum atomic E-state index is 12.5. The summed E-state index contributed by atoms with van der Waals surface area (Å²) in [5, 5.41) is 0.684. The van der Waals surface area contributed by atoms with Crippen molar-refractivity contribution in [3.8, 4) is 5.75 Å². The maximum Gasteiger partial charge on any atom is 0.347 e. The van der Waals surface area contributed by atoms with Crippen molar-refractivity contribution in [2.75, 3.05) is 23.7 Å². The molecule has 0 unspecified atom stereocenters. The SMILES string of the molecule is C[C@H](Oc1ccc(Cl)cc1Cl)C(=O)OCC(=O)c1ccc2c(c1)CCCN2S(C)(=O)=O. The molecular weight excluding hydrogens is 465 g/mol. The molecule has 0 amide bonds. The molecule has 1 atom stereocenters. The fourth-order valence-electron chi connectivity index (χ4n) is 3.23. The minimum absolute atomic E-state index is 0.250. The van der Waals surface area contributed by atoms with E-state index in [9.17, 15) is 18.0 Å². The van der Waals surface area contributed by atoms with Crippen LogP contribution in [0.4, 0.5) is 5.69 Å². The molecule has 3 rings (SSSR count). The number of Topliss-reactive ketones (excluding diaryl/α,β-unsaturated/α-hetero) is 1. The van der Waals surface area contributed by atoms with Crippen LogP contribution in [0.2, 0.25) is 10.0 Å². The van der Waals surface area contributed by atoms with Crippen molar-refractivity contribution in [3.05, 3.63) is 57.6 Å². The molecule has 0 saturated heterocycles. The van der Waals surface area contributed by atoms with E-state index in [4.69, 9.17) is 32.7 Å². The van der Waals surface area contributed by atoms with E-state index in [1.54, 1.807) is 18.2 Å². The Morgan fingerprint density at radius 2 is 1.90 bits per heavy atom. The van der Waals surface area contributed by atoms with E-state index in [1.807, 2.05) is 0 Å². The van der Waals surface area contributed by atoms with E-state index in [-0.39, 0.29) is 10.8 Å². The van der Waals surface area contributed by atoms with Crippen LogP contribution in [0.3, 0.4) is 0 Å². The zero-order valence-electron chi connectivity index (χ0n) is 16.9. The summed E-state index contributed by atoms with van der Waals surface area (Å²) in [5.74, 6) is -0.850. The number of rotatable bonds is 7. The molecule has 0 aromatic heterocycles. The van der Waals surface area contributed by atoms with Crippen LogP contribution in [0.5, 0.6) is 5.75 Å². The van der Waals surface area contributed by atoms with Crippen LogP contribution in [-0.4, -0.2) is 45.7 Å². The average molecular weight is 486 g/mol. The number of ketones is 1. The van der Waals surface area contributed by atoms with E-state index < -0.39 is 34.5 Å². The van der Waals surface area contributed by atoms with E-state index in [0.29, 0.717) is 35.7 Å². The normalized spacial score (nSPS) is 14.5. The topological polar surface area (TPSA) is 90.0 Å². The van der Waals surface area contributed by atoms with Gasteiger partial charge in [0, 0.05) is 17.1 Å². The van der Waals surface area contributed by atoms with Crippen molar-refractivity contribution in [2.24, 2.45) is 0 Å². The van der Waals surface area contributed by atoms with E-state index in [2.05, 4.69) is 0 Å². The van der Waals surface area contributed by atoms with Crippen molar-refractivity contribution in [3.63, 3.8) is 0 Å². The number of benzene rings is 2. The molecule has 0 bridgehead atoms. The summed E-state index contributed by atoms with van der Waals surface area (Å²) in [4.78, 5) is 24.7. The molecule has 2 aromatic rings. The third kappa shape index (κ3) is 5.70. The van der Waals surface area contributed by atoms with Gasteiger partial charge in [0.1, 0.15) is 5.75 Å². The molecule has 1 aliphatic heterocycles. The monoisotopic (exact) mass is 485 g/mol. The number of hydrogen-bond acceptors (Lipinski definition) is 6. The quantitative estimate of drug-likeness (QED) is 0.436. The lowest BCUT2D eigenvalue weighted by Gasteiger charge is -2.29.